The van der Waals surface area contributed by atoms with Crippen LogP contribution in [-0.2, 0) is 5.41 Å². The van der Waals surface area contributed by atoms with Crippen LogP contribution < -0.4 is 0 Å². The van der Waals surface area contributed by atoms with Gasteiger partial charge in [-0.25, -0.2) is 15.0 Å². The van der Waals surface area contributed by atoms with E-state index in [0.29, 0.717) is 17.5 Å². The summed E-state index contributed by atoms with van der Waals surface area (Å²) in [5.41, 5.74) is 17.0. The second kappa shape index (κ2) is 14.5. The number of fused-ring (bicyclic) bond motifs is 9. The van der Waals surface area contributed by atoms with Crippen LogP contribution in [0.25, 0.3) is 111 Å². The maximum atomic E-state index is 5.10. The van der Waals surface area contributed by atoms with Crippen LogP contribution >= 0.6 is 0 Å². The van der Waals surface area contributed by atoms with Crippen LogP contribution in [0.1, 0.15) is 31.9 Å². The van der Waals surface area contributed by atoms with Gasteiger partial charge in [0.25, 0.3) is 0 Å². The molecule has 12 rings (SSSR count). The molecule has 304 valence electrons. The van der Waals surface area contributed by atoms with Gasteiger partial charge in [-0.15, -0.1) is 0 Å². The Labute approximate surface area is 372 Å². The summed E-state index contributed by atoms with van der Waals surface area (Å²) in [6.07, 6.45) is 4.06. The number of benzene rings is 8. The predicted molar refractivity (Wildman–Crippen MR) is 267 cm³/mol. The Bertz CT molecular complexity index is 3660. The Morgan fingerprint density at radius 1 is 0.453 bits per heavy atom. The van der Waals surface area contributed by atoms with Crippen LogP contribution in [0.4, 0.5) is 0 Å². The van der Waals surface area contributed by atoms with Crippen molar-refractivity contribution in [1.82, 2.24) is 24.1 Å². The average molecular weight is 822 g/mol. The van der Waals surface area contributed by atoms with E-state index in [0.717, 1.165) is 44.6 Å². The summed E-state index contributed by atoms with van der Waals surface area (Å²) < 4.78 is 4.74. The van der Waals surface area contributed by atoms with Crippen molar-refractivity contribution in [3.05, 3.63) is 212 Å². The molecule has 0 spiro atoms. The maximum Gasteiger partial charge on any atom is 0.164 e. The molecule has 0 bridgehead atoms. The Morgan fingerprint density at radius 3 is 1.70 bits per heavy atom. The molecule has 11 aromatic rings. The van der Waals surface area contributed by atoms with E-state index >= 15 is 0 Å². The quantitative estimate of drug-likeness (QED) is 0.150. The molecule has 64 heavy (non-hydrogen) atoms. The zero-order valence-corrected chi connectivity index (χ0v) is 35.9. The average Bonchev–Trinajstić information content (AvgIpc) is 3.93. The summed E-state index contributed by atoms with van der Waals surface area (Å²) >= 11 is 0. The SMILES string of the molecule is C=CC(=CC)n1c2ccccc2c2cc(-c3ccc4c(c3)c3cc5c(cc3n4-c3cccc(-c4nc(-c6ccccc6)nc(-c6ccccc6)n4)c3)C(C)(C)c3ccccc3-5)ccc21. The first-order chi connectivity index (χ1) is 31.4. The van der Waals surface area contributed by atoms with E-state index in [4.69, 9.17) is 15.0 Å². The highest BCUT2D eigenvalue weighted by molar-refractivity contribution is 6.14. The standard InChI is InChI=1S/C59H43N5/c1-5-42(6-2)63-52-27-16-14-25-45(52)47-33-39(28-30-53(47)63)40-29-31-54-48(34-40)49-35-46-44-24-13-15-26-50(44)59(3,4)51(46)36-55(49)64(54)43-23-17-22-41(32-43)58-61-56(37-18-9-7-10-19-37)60-57(62-58)38-20-11-8-12-21-38/h5-36H,1H2,2-4H3. The third kappa shape index (κ3) is 5.74. The highest BCUT2D eigenvalue weighted by Gasteiger charge is 2.36. The second-order valence-corrected chi connectivity index (χ2v) is 17.2. The molecule has 5 heteroatoms. The number of aromatic nitrogens is 5. The molecule has 0 saturated heterocycles. The molecule has 0 aliphatic heterocycles. The van der Waals surface area contributed by atoms with Gasteiger partial charge in [-0.3, -0.25) is 0 Å². The number of nitrogens with zero attached hydrogens (tertiary/aromatic N) is 5. The molecule has 0 unspecified atom stereocenters. The number of para-hydroxylation sites is 1. The smallest absolute Gasteiger partial charge is 0.164 e. The van der Waals surface area contributed by atoms with Gasteiger partial charge in [0.2, 0.25) is 0 Å². The molecule has 8 aromatic carbocycles. The Kier molecular flexibility index (Phi) is 8.50. The lowest BCUT2D eigenvalue weighted by Crippen LogP contribution is -2.14. The molecular formula is C59H43N5. The normalized spacial score (nSPS) is 13.2. The molecule has 5 nitrogen and oxygen atoms in total. The third-order valence-corrected chi connectivity index (χ3v) is 13.3. The van der Waals surface area contributed by atoms with Crippen LogP contribution in [0.3, 0.4) is 0 Å². The fourth-order valence-corrected chi connectivity index (χ4v) is 10.2. The summed E-state index contributed by atoms with van der Waals surface area (Å²) in [6, 6.07) is 65.2. The van der Waals surface area contributed by atoms with Crippen molar-refractivity contribution in [3.63, 3.8) is 0 Å². The largest absolute Gasteiger partial charge is 0.310 e. The van der Waals surface area contributed by atoms with Gasteiger partial charge in [0.15, 0.2) is 17.5 Å². The lowest BCUT2D eigenvalue weighted by Gasteiger charge is -2.21. The van der Waals surface area contributed by atoms with E-state index in [1.807, 2.05) is 66.7 Å². The van der Waals surface area contributed by atoms with Crippen LogP contribution in [0, 0.1) is 0 Å². The van der Waals surface area contributed by atoms with Crippen LogP contribution in [0.5, 0.6) is 0 Å². The number of rotatable bonds is 7. The molecule has 0 radical (unpaired) electrons. The van der Waals surface area contributed by atoms with Crippen molar-refractivity contribution in [2.75, 3.05) is 0 Å². The predicted octanol–water partition coefficient (Wildman–Crippen LogP) is 15.1. The lowest BCUT2D eigenvalue weighted by molar-refractivity contribution is 0.661. The van der Waals surface area contributed by atoms with Crippen molar-refractivity contribution in [2.45, 2.75) is 26.2 Å². The van der Waals surface area contributed by atoms with Gasteiger partial charge in [-0.2, -0.15) is 0 Å². The summed E-state index contributed by atoms with van der Waals surface area (Å²) in [5.74, 6) is 1.91. The third-order valence-electron chi connectivity index (χ3n) is 13.3. The van der Waals surface area contributed by atoms with E-state index in [1.54, 1.807) is 0 Å². The second-order valence-electron chi connectivity index (χ2n) is 17.2. The van der Waals surface area contributed by atoms with Gasteiger partial charge in [0.05, 0.1) is 22.1 Å². The minimum Gasteiger partial charge on any atom is -0.310 e. The summed E-state index contributed by atoms with van der Waals surface area (Å²) in [6.45, 7) is 10.9. The highest BCUT2D eigenvalue weighted by Crippen LogP contribution is 2.51. The minimum absolute atomic E-state index is 0.159. The van der Waals surface area contributed by atoms with Crippen molar-refractivity contribution < 1.29 is 0 Å². The molecule has 0 saturated carbocycles. The van der Waals surface area contributed by atoms with Crippen molar-refractivity contribution in [3.8, 4) is 62.1 Å². The Morgan fingerprint density at radius 2 is 1.02 bits per heavy atom. The molecule has 0 N–H and O–H groups in total. The van der Waals surface area contributed by atoms with Crippen LogP contribution in [0.15, 0.2) is 201 Å². The highest BCUT2D eigenvalue weighted by atomic mass is 15.0. The summed E-state index contributed by atoms with van der Waals surface area (Å²) in [4.78, 5) is 15.2. The van der Waals surface area contributed by atoms with Crippen molar-refractivity contribution >= 4 is 49.3 Å². The molecule has 1 aliphatic rings. The van der Waals surface area contributed by atoms with Gasteiger partial charge < -0.3 is 9.13 Å². The lowest BCUT2D eigenvalue weighted by atomic mass is 9.82. The molecular weight excluding hydrogens is 779 g/mol. The van der Waals surface area contributed by atoms with E-state index in [2.05, 4.69) is 164 Å². The molecule has 0 fully saturated rings. The molecule has 1 aliphatic carbocycles. The van der Waals surface area contributed by atoms with E-state index in [-0.39, 0.29) is 5.41 Å². The van der Waals surface area contributed by atoms with Gasteiger partial charge in [-0.1, -0.05) is 154 Å². The van der Waals surface area contributed by atoms with Crippen molar-refractivity contribution in [2.24, 2.45) is 0 Å². The van der Waals surface area contributed by atoms with Crippen LogP contribution in [-0.4, -0.2) is 24.1 Å². The summed E-state index contributed by atoms with van der Waals surface area (Å²) in [7, 11) is 0. The zero-order valence-electron chi connectivity index (χ0n) is 35.9. The van der Waals surface area contributed by atoms with Gasteiger partial charge in [0, 0.05) is 55.0 Å². The molecule has 3 heterocycles. The van der Waals surface area contributed by atoms with E-state index < -0.39 is 0 Å². The Hall–Kier alpha value is -8.15. The minimum atomic E-state index is -0.159. The maximum absolute atomic E-state index is 5.10. The zero-order chi connectivity index (χ0) is 43.1. The first kappa shape index (κ1) is 37.6. The molecule has 0 atom stereocenters. The first-order valence-electron chi connectivity index (χ1n) is 21.9. The summed E-state index contributed by atoms with van der Waals surface area (Å²) in [5, 5.41) is 4.85. The Balaban J connectivity index is 1.08. The van der Waals surface area contributed by atoms with Crippen molar-refractivity contribution in [1.29, 1.82) is 0 Å². The van der Waals surface area contributed by atoms with Gasteiger partial charge in [-0.05, 0) is 101 Å². The van der Waals surface area contributed by atoms with Gasteiger partial charge >= 0.3 is 0 Å². The topological polar surface area (TPSA) is 48.5 Å². The molecule has 0 amide bonds. The molecule has 3 aromatic heterocycles. The number of hydrogen-bond acceptors (Lipinski definition) is 3. The van der Waals surface area contributed by atoms with Gasteiger partial charge in [0.1, 0.15) is 0 Å². The fourth-order valence-electron chi connectivity index (χ4n) is 10.2. The monoisotopic (exact) mass is 821 g/mol. The number of allylic oxidation sites excluding steroid dienone is 3. The van der Waals surface area contributed by atoms with E-state index in [9.17, 15) is 0 Å². The van der Waals surface area contributed by atoms with Crippen LogP contribution in [0.2, 0.25) is 0 Å². The fraction of sp³-hybridized carbons (Fsp3) is 0.0678. The first-order valence-corrected chi connectivity index (χ1v) is 21.9. The number of hydrogen-bond donors (Lipinski definition) is 0. The van der Waals surface area contributed by atoms with E-state index in [1.165, 1.54) is 60.4 Å².